The summed E-state index contributed by atoms with van der Waals surface area (Å²) in [6.45, 7) is 0. The highest BCUT2D eigenvalue weighted by molar-refractivity contribution is 8.12. The Balaban J connectivity index is 4.27. The first-order chi connectivity index (χ1) is 6.59. The van der Waals surface area contributed by atoms with Crippen molar-refractivity contribution in [3.63, 3.8) is 0 Å². The molecule has 0 spiro atoms. The maximum absolute atomic E-state index is 12.2. The molecule has 88 valence electrons. The summed E-state index contributed by atoms with van der Waals surface area (Å²) in [6.07, 6.45) is -5.98. The van der Waals surface area contributed by atoms with Gasteiger partial charge in [-0.25, -0.2) is 4.79 Å². The summed E-state index contributed by atoms with van der Waals surface area (Å²) in [6, 6.07) is -1.24. The maximum Gasteiger partial charge on any atom is 0.462 e. The van der Waals surface area contributed by atoms with E-state index < -0.39 is 35.2 Å². The van der Waals surface area contributed by atoms with Crippen LogP contribution in [-0.2, 0) is 4.79 Å². The highest BCUT2D eigenvalue weighted by atomic mass is 32.2. The van der Waals surface area contributed by atoms with E-state index in [1.54, 1.807) is 0 Å². The van der Waals surface area contributed by atoms with Crippen molar-refractivity contribution in [3.05, 3.63) is 0 Å². The molecule has 0 radical (unpaired) electrons. The molecule has 11 heteroatoms. The smallest absolute Gasteiger partial charge is 0.351 e. The van der Waals surface area contributed by atoms with Crippen LogP contribution >= 0.6 is 11.9 Å². The van der Waals surface area contributed by atoms with Crippen LogP contribution in [-0.4, -0.2) is 23.2 Å². The molecule has 0 saturated carbocycles. The molecule has 0 rings (SSSR count). The molecule has 0 aromatic carbocycles. The summed E-state index contributed by atoms with van der Waals surface area (Å²) >= 11 is -0.632. The second-order valence-electron chi connectivity index (χ2n) is 2.05. The van der Waals surface area contributed by atoms with Crippen LogP contribution in [0.25, 0.3) is 0 Å². The molecule has 0 aromatic rings. The summed E-state index contributed by atoms with van der Waals surface area (Å²) < 4.78 is 59.0. The number of primary amides is 1. The largest absolute Gasteiger partial charge is 0.462 e. The molecule has 4 N–H and O–H groups in total. The van der Waals surface area contributed by atoms with E-state index in [2.05, 4.69) is 5.73 Å². The number of amides is 2. The van der Waals surface area contributed by atoms with E-state index >= 15 is 0 Å². The van der Waals surface area contributed by atoms with Gasteiger partial charge in [-0.15, -0.1) is 0 Å². The summed E-state index contributed by atoms with van der Waals surface area (Å²) in [7, 11) is 0. The van der Waals surface area contributed by atoms with Crippen LogP contribution in [0.1, 0.15) is 0 Å². The average Bonchev–Trinajstić information content (AvgIpc) is 2.01. The van der Waals surface area contributed by atoms with Crippen molar-refractivity contribution in [1.82, 2.24) is 10.3 Å². The van der Waals surface area contributed by atoms with Gasteiger partial charge in [-0.1, -0.05) is 0 Å². The van der Waals surface area contributed by atoms with Gasteiger partial charge in [-0.05, 0) is 0 Å². The Hall–Kier alpha value is -1.10. The number of carbonyl (C=O) groups is 2. The number of hydrazine groups is 1. The van der Waals surface area contributed by atoms with E-state index in [0.717, 1.165) is 0 Å². The molecule has 0 saturated heterocycles. The van der Waals surface area contributed by atoms with E-state index in [9.17, 15) is 31.5 Å². The van der Waals surface area contributed by atoms with Gasteiger partial charge >= 0.3 is 18.1 Å². The molecule has 0 unspecified atom stereocenters. The van der Waals surface area contributed by atoms with Crippen LogP contribution in [0.5, 0.6) is 0 Å². The number of carbonyl (C=O) groups excluding carboxylic acids is 2. The van der Waals surface area contributed by atoms with Crippen molar-refractivity contribution in [2.45, 2.75) is 12.1 Å². The van der Waals surface area contributed by atoms with E-state index in [0.29, 0.717) is 0 Å². The Morgan fingerprint density at radius 3 is 1.93 bits per heavy atom. The van der Waals surface area contributed by atoms with Gasteiger partial charge in [0, 0.05) is 11.9 Å². The minimum absolute atomic E-state index is 0.632. The Morgan fingerprint density at radius 1 is 1.13 bits per heavy atom. The Labute approximate surface area is 83.7 Å². The standard InChI is InChI=1S/C4H4F5N3O2S/c5-3(6,4(7,8)9)1(13)15-12-11-2(10)14/h12H,(H3,10,11,14). The molecule has 0 bridgehead atoms. The highest BCUT2D eigenvalue weighted by Gasteiger charge is 2.63. The lowest BCUT2D eigenvalue weighted by Gasteiger charge is -2.17. The lowest BCUT2D eigenvalue weighted by atomic mass is 10.4. The van der Waals surface area contributed by atoms with E-state index in [4.69, 9.17) is 0 Å². The molecule has 0 aromatic heterocycles. The quantitative estimate of drug-likeness (QED) is 0.389. The van der Waals surface area contributed by atoms with Gasteiger partial charge in [-0.3, -0.25) is 10.2 Å². The summed E-state index contributed by atoms with van der Waals surface area (Å²) in [5.74, 6) is -5.50. The third-order valence-corrected chi connectivity index (χ3v) is 1.58. The van der Waals surface area contributed by atoms with Gasteiger partial charge < -0.3 is 5.73 Å². The first-order valence-electron chi connectivity index (χ1n) is 3.05. The van der Waals surface area contributed by atoms with Crippen molar-refractivity contribution in [3.8, 4) is 0 Å². The third-order valence-electron chi connectivity index (χ3n) is 0.930. The molecule has 0 fully saturated rings. The summed E-state index contributed by atoms with van der Waals surface area (Å²) in [5, 5.41) is -2.51. The molecule has 5 nitrogen and oxygen atoms in total. The van der Waals surface area contributed by atoms with E-state index in [1.807, 2.05) is 0 Å². The van der Waals surface area contributed by atoms with Gasteiger partial charge in [0.2, 0.25) is 0 Å². The van der Waals surface area contributed by atoms with Crippen LogP contribution in [0.4, 0.5) is 26.7 Å². The van der Waals surface area contributed by atoms with Crippen LogP contribution in [0, 0.1) is 0 Å². The van der Waals surface area contributed by atoms with Gasteiger partial charge in [0.05, 0.1) is 0 Å². The normalized spacial score (nSPS) is 12.3. The number of nitrogens with one attached hydrogen (secondary N) is 2. The van der Waals surface area contributed by atoms with Gasteiger partial charge in [0.25, 0.3) is 5.12 Å². The maximum atomic E-state index is 12.2. The number of urea groups is 1. The Morgan fingerprint density at radius 2 is 1.60 bits per heavy atom. The van der Waals surface area contributed by atoms with Crippen LogP contribution in [0.15, 0.2) is 0 Å². The number of hydrogen-bond acceptors (Lipinski definition) is 4. The Bertz CT molecular complexity index is 267. The minimum atomic E-state index is -5.98. The van der Waals surface area contributed by atoms with Crippen LogP contribution in [0.2, 0.25) is 0 Å². The second kappa shape index (κ2) is 4.61. The predicted octanol–water partition coefficient (Wildman–Crippen LogP) is 0.532. The number of nitrogens with two attached hydrogens (primary N) is 1. The highest BCUT2D eigenvalue weighted by Crippen LogP contribution is 2.38. The zero-order valence-electron chi connectivity index (χ0n) is 6.69. The van der Waals surface area contributed by atoms with Crippen molar-refractivity contribution in [2.24, 2.45) is 5.73 Å². The molecule has 15 heavy (non-hydrogen) atoms. The fourth-order valence-corrected chi connectivity index (χ4v) is 0.790. The Kier molecular flexibility index (Phi) is 4.27. The van der Waals surface area contributed by atoms with E-state index in [1.165, 1.54) is 10.3 Å². The van der Waals surface area contributed by atoms with Crippen molar-refractivity contribution < 1.29 is 31.5 Å². The molecule has 2 amide bonds. The number of halogens is 5. The summed E-state index contributed by atoms with van der Waals surface area (Å²) in [4.78, 5) is 21.7. The zero-order chi connectivity index (χ0) is 12.3. The van der Waals surface area contributed by atoms with Crippen molar-refractivity contribution >= 4 is 23.1 Å². The SMILES string of the molecule is NC(=O)NNSC(=O)C(F)(F)C(F)(F)F. The van der Waals surface area contributed by atoms with Crippen LogP contribution in [0.3, 0.4) is 0 Å². The molecular formula is C4H4F5N3O2S. The third kappa shape index (κ3) is 3.87. The first kappa shape index (κ1) is 13.9. The molecule has 0 aliphatic rings. The molecule has 0 atom stereocenters. The van der Waals surface area contributed by atoms with Gasteiger partial charge in [-0.2, -0.15) is 26.8 Å². The van der Waals surface area contributed by atoms with Crippen molar-refractivity contribution in [2.75, 3.05) is 0 Å². The van der Waals surface area contributed by atoms with Crippen molar-refractivity contribution in [1.29, 1.82) is 0 Å². The number of alkyl halides is 5. The van der Waals surface area contributed by atoms with E-state index in [-0.39, 0.29) is 0 Å². The first-order valence-corrected chi connectivity index (χ1v) is 3.87. The summed E-state index contributed by atoms with van der Waals surface area (Å²) in [5.41, 5.74) is 5.86. The topological polar surface area (TPSA) is 84.2 Å². The fourth-order valence-electron chi connectivity index (χ4n) is 0.302. The number of hydrogen-bond donors (Lipinski definition) is 3. The lowest BCUT2D eigenvalue weighted by Crippen LogP contribution is -2.45. The predicted molar refractivity (Wildman–Crippen MR) is 39.5 cm³/mol. The number of rotatable bonds is 3. The molecule has 0 aliphatic carbocycles. The lowest BCUT2D eigenvalue weighted by molar-refractivity contribution is -0.264. The molecular weight excluding hydrogens is 249 g/mol. The average molecular weight is 253 g/mol. The zero-order valence-corrected chi connectivity index (χ0v) is 7.51. The van der Waals surface area contributed by atoms with Gasteiger partial charge in [0.15, 0.2) is 0 Å². The second-order valence-corrected chi connectivity index (χ2v) is 2.83. The molecule has 0 heterocycles. The van der Waals surface area contributed by atoms with Gasteiger partial charge in [0.1, 0.15) is 0 Å². The fraction of sp³-hybridized carbons (Fsp3) is 0.500. The molecule has 0 aliphatic heterocycles. The van der Waals surface area contributed by atoms with Crippen LogP contribution < -0.4 is 16.0 Å². The minimum Gasteiger partial charge on any atom is -0.351 e. The monoisotopic (exact) mass is 253 g/mol.